The Morgan fingerprint density at radius 1 is 1.21 bits per heavy atom. The highest BCUT2D eigenvalue weighted by Gasteiger charge is 2.57. The van der Waals surface area contributed by atoms with Crippen LogP contribution in [0.4, 0.5) is 10.1 Å². The first-order valence-corrected chi connectivity index (χ1v) is 11.5. The Bertz CT molecular complexity index is 1190. The molecule has 0 N–H and O–H groups in total. The molecule has 3 amide bonds. The van der Waals surface area contributed by atoms with Crippen LogP contribution in [-0.2, 0) is 20.9 Å². The van der Waals surface area contributed by atoms with Gasteiger partial charge in [0, 0.05) is 29.6 Å². The van der Waals surface area contributed by atoms with Crippen molar-refractivity contribution in [2.24, 2.45) is 5.92 Å². The standard InChI is InChI=1S/C26H25ClFN3O3/c1-4-18-7-10-22(21(28)13-18)30-15-23(32)31(14-19-5-8-20(27)9-6-19)26(25(30)34)11-12-29(16-26)24(33)17(2)3/h1,5-10,13,17H,11-12,14-16H2,2-3H3/t26-/m0/s1. The zero-order valence-corrected chi connectivity index (χ0v) is 19.8. The summed E-state index contributed by atoms with van der Waals surface area (Å²) >= 11 is 6.00. The molecule has 176 valence electrons. The van der Waals surface area contributed by atoms with E-state index in [9.17, 15) is 18.8 Å². The van der Waals surface area contributed by atoms with Crippen LogP contribution in [0.5, 0.6) is 0 Å². The molecule has 0 unspecified atom stereocenters. The summed E-state index contributed by atoms with van der Waals surface area (Å²) in [4.78, 5) is 44.5. The van der Waals surface area contributed by atoms with Gasteiger partial charge in [-0.3, -0.25) is 19.3 Å². The van der Waals surface area contributed by atoms with Crippen molar-refractivity contribution in [2.75, 3.05) is 24.5 Å². The summed E-state index contributed by atoms with van der Waals surface area (Å²) in [6.07, 6.45) is 5.62. The van der Waals surface area contributed by atoms with Crippen LogP contribution < -0.4 is 4.90 Å². The molecule has 34 heavy (non-hydrogen) atoms. The number of likely N-dealkylation sites (tertiary alicyclic amines) is 1. The molecule has 0 saturated carbocycles. The molecule has 4 rings (SSSR count). The van der Waals surface area contributed by atoms with Crippen LogP contribution in [0.1, 0.15) is 31.4 Å². The van der Waals surface area contributed by atoms with Crippen molar-refractivity contribution in [1.29, 1.82) is 0 Å². The second kappa shape index (κ2) is 9.11. The SMILES string of the molecule is C#Cc1ccc(N2CC(=O)N(Cc3ccc(Cl)cc3)[C@]3(CCN(C(=O)C(C)C)C3)C2=O)c(F)c1. The van der Waals surface area contributed by atoms with Crippen molar-refractivity contribution < 1.29 is 18.8 Å². The zero-order chi connectivity index (χ0) is 24.6. The Morgan fingerprint density at radius 3 is 2.53 bits per heavy atom. The number of halogens is 2. The normalized spacial score (nSPS) is 20.4. The smallest absolute Gasteiger partial charge is 0.255 e. The van der Waals surface area contributed by atoms with Crippen molar-refractivity contribution in [3.8, 4) is 12.3 Å². The number of hydrogen-bond donors (Lipinski definition) is 0. The van der Waals surface area contributed by atoms with Gasteiger partial charge in [-0.25, -0.2) is 4.39 Å². The van der Waals surface area contributed by atoms with Gasteiger partial charge in [0.25, 0.3) is 5.91 Å². The summed E-state index contributed by atoms with van der Waals surface area (Å²) in [5.74, 6) is 0.608. The van der Waals surface area contributed by atoms with Crippen molar-refractivity contribution in [3.63, 3.8) is 0 Å². The molecule has 1 spiro atoms. The zero-order valence-electron chi connectivity index (χ0n) is 19.1. The lowest BCUT2D eigenvalue weighted by Gasteiger charge is -2.47. The lowest BCUT2D eigenvalue weighted by molar-refractivity contribution is -0.152. The van der Waals surface area contributed by atoms with Crippen LogP contribution in [0.15, 0.2) is 42.5 Å². The molecule has 2 saturated heterocycles. The van der Waals surface area contributed by atoms with Gasteiger partial charge < -0.3 is 9.80 Å². The van der Waals surface area contributed by atoms with Gasteiger partial charge in [0.15, 0.2) is 0 Å². The van der Waals surface area contributed by atoms with E-state index in [0.29, 0.717) is 17.1 Å². The molecule has 2 aliphatic heterocycles. The van der Waals surface area contributed by atoms with Crippen molar-refractivity contribution in [3.05, 3.63) is 64.4 Å². The van der Waals surface area contributed by atoms with Gasteiger partial charge in [0.1, 0.15) is 17.9 Å². The van der Waals surface area contributed by atoms with E-state index in [0.717, 1.165) is 5.56 Å². The molecule has 0 aliphatic carbocycles. The van der Waals surface area contributed by atoms with Crippen LogP contribution >= 0.6 is 11.6 Å². The third-order valence-corrected chi connectivity index (χ3v) is 6.72. The van der Waals surface area contributed by atoms with E-state index in [-0.39, 0.29) is 49.5 Å². The minimum absolute atomic E-state index is 0.00324. The summed E-state index contributed by atoms with van der Waals surface area (Å²) in [6.45, 7) is 3.85. The van der Waals surface area contributed by atoms with E-state index < -0.39 is 17.3 Å². The molecular weight excluding hydrogens is 457 g/mol. The maximum absolute atomic E-state index is 14.9. The van der Waals surface area contributed by atoms with Crippen LogP contribution in [0.3, 0.4) is 0 Å². The minimum atomic E-state index is -1.29. The fourth-order valence-corrected chi connectivity index (χ4v) is 4.79. The third-order valence-electron chi connectivity index (χ3n) is 6.47. The van der Waals surface area contributed by atoms with E-state index in [1.54, 1.807) is 43.0 Å². The summed E-state index contributed by atoms with van der Waals surface area (Å²) in [7, 11) is 0. The molecule has 6 nitrogen and oxygen atoms in total. The Kier molecular flexibility index (Phi) is 6.37. The van der Waals surface area contributed by atoms with E-state index in [1.807, 2.05) is 0 Å². The Balaban J connectivity index is 1.74. The number of rotatable bonds is 4. The maximum Gasteiger partial charge on any atom is 0.255 e. The molecule has 0 radical (unpaired) electrons. The number of nitrogens with zero attached hydrogens (tertiary/aromatic N) is 3. The van der Waals surface area contributed by atoms with Gasteiger partial charge in [-0.15, -0.1) is 6.42 Å². The average Bonchev–Trinajstić information content (AvgIpc) is 3.26. The fourth-order valence-electron chi connectivity index (χ4n) is 4.66. The second-order valence-corrected chi connectivity index (χ2v) is 9.44. The molecule has 2 heterocycles. The lowest BCUT2D eigenvalue weighted by Crippen LogP contribution is -2.69. The minimum Gasteiger partial charge on any atom is -0.339 e. The molecule has 2 aliphatic rings. The number of anilines is 1. The lowest BCUT2D eigenvalue weighted by atomic mass is 9.89. The summed E-state index contributed by atoms with van der Waals surface area (Å²) in [6, 6.07) is 11.2. The third kappa shape index (κ3) is 4.14. The van der Waals surface area contributed by atoms with Crippen LogP contribution in [0.2, 0.25) is 5.02 Å². The van der Waals surface area contributed by atoms with Gasteiger partial charge in [0.05, 0.1) is 12.2 Å². The first-order valence-electron chi connectivity index (χ1n) is 11.1. The topological polar surface area (TPSA) is 60.9 Å². The predicted octanol–water partition coefficient (Wildman–Crippen LogP) is 3.46. The Morgan fingerprint density at radius 2 is 1.91 bits per heavy atom. The van der Waals surface area contributed by atoms with Gasteiger partial charge >= 0.3 is 0 Å². The summed E-state index contributed by atoms with van der Waals surface area (Å²) in [5.41, 5.74) is -0.157. The number of amides is 3. The molecule has 2 aromatic rings. The monoisotopic (exact) mass is 481 g/mol. The molecule has 2 aromatic carbocycles. The van der Waals surface area contributed by atoms with Crippen molar-refractivity contribution >= 4 is 35.0 Å². The summed E-state index contributed by atoms with van der Waals surface area (Å²) < 4.78 is 14.9. The number of piperazine rings is 1. The predicted molar refractivity (Wildman–Crippen MR) is 127 cm³/mol. The molecule has 8 heteroatoms. The van der Waals surface area contributed by atoms with Gasteiger partial charge in [-0.1, -0.05) is 43.5 Å². The number of benzene rings is 2. The van der Waals surface area contributed by atoms with E-state index in [4.69, 9.17) is 18.0 Å². The Hall–Kier alpha value is -3.37. The number of carbonyl (C=O) groups is 3. The fraction of sp³-hybridized carbons (Fsp3) is 0.346. The van der Waals surface area contributed by atoms with Crippen molar-refractivity contribution in [1.82, 2.24) is 9.80 Å². The van der Waals surface area contributed by atoms with Gasteiger partial charge in [-0.05, 0) is 42.3 Å². The quantitative estimate of drug-likeness (QED) is 0.628. The highest BCUT2D eigenvalue weighted by Crippen LogP contribution is 2.38. The number of hydrogen-bond acceptors (Lipinski definition) is 3. The number of carbonyl (C=O) groups excluding carboxylic acids is 3. The number of terminal acetylenes is 1. The first kappa shape index (κ1) is 23.8. The first-order chi connectivity index (χ1) is 16.2. The summed E-state index contributed by atoms with van der Waals surface area (Å²) in [5, 5.41) is 0.561. The van der Waals surface area contributed by atoms with Gasteiger partial charge in [0.2, 0.25) is 11.8 Å². The average molecular weight is 482 g/mol. The van der Waals surface area contributed by atoms with Crippen LogP contribution in [-0.4, -0.2) is 52.7 Å². The van der Waals surface area contributed by atoms with E-state index in [2.05, 4.69) is 5.92 Å². The van der Waals surface area contributed by atoms with Gasteiger partial charge in [-0.2, -0.15) is 0 Å². The van der Waals surface area contributed by atoms with Crippen molar-refractivity contribution in [2.45, 2.75) is 32.4 Å². The maximum atomic E-state index is 14.9. The second-order valence-electron chi connectivity index (χ2n) is 9.00. The molecular formula is C26H25ClFN3O3. The van der Waals surface area contributed by atoms with E-state index >= 15 is 0 Å². The Labute approximate surface area is 203 Å². The highest BCUT2D eigenvalue weighted by molar-refractivity contribution is 6.30. The molecule has 0 aromatic heterocycles. The largest absolute Gasteiger partial charge is 0.339 e. The molecule has 0 bridgehead atoms. The highest BCUT2D eigenvalue weighted by atomic mass is 35.5. The van der Waals surface area contributed by atoms with Crippen LogP contribution in [0, 0.1) is 24.1 Å². The van der Waals surface area contributed by atoms with E-state index in [1.165, 1.54) is 28.0 Å². The molecule has 2 fully saturated rings. The molecule has 1 atom stereocenters. The van der Waals surface area contributed by atoms with Crippen LogP contribution in [0.25, 0.3) is 0 Å².